The van der Waals surface area contributed by atoms with Crippen molar-refractivity contribution in [3.63, 3.8) is 0 Å². The van der Waals surface area contributed by atoms with Crippen LogP contribution in [0.3, 0.4) is 0 Å². The van der Waals surface area contributed by atoms with Crippen LogP contribution in [-0.2, 0) is 33.4 Å². The van der Waals surface area contributed by atoms with Gasteiger partial charge in [-0.2, -0.15) is 0 Å². The van der Waals surface area contributed by atoms with Gasteiger partial charge in [0.05, 0.1) is 18.4 Å². The molecule has 0 saturated heterocycles. The van der Waals surface area contributed by atoms with E-state index >= 15 is 0 Å². The Morgan fingerprint density at radius 2 is 1.34 bits per heavy atom. The third-order valence-corrected chi connectivity index (χ3v) is 6.80. The first kappa shape index (κ1) is 53.6. The fourth-order valence-electron chi connectivity index (χ4n) is 4.14. The summed E-state index contributed by atoms with van der Waals surface area (Å²) in [7, 11) is 0. The van der Waals surface area contributed by atoms with Crippen LogP contribution in [0, 0.1) is 23.7 Å². The van der Waals surface area contributed by atoms with Gasteiger partial charge >= 0.3 is 17.9 Å². The molecule has 0 aliphatic rings. The number of hydrogen-bond acceptors (Lipinski definition) is 7. The van der Waals surface area contributed by atoms with Gasteiger partial charge in [-0.1, -0.05) is 122 Å². The minimum atomic E-state index is -0.537. The normalized spacial score (nSPS) is 12.4. The molecular weight excluding hydrogens is 556 g/mol. The van der Waals surface area contributed by atoms with E-state index in [-0.39, 0.29) is 81.9 Å². The first-order valence-corrected chi connectivity index (χ1v) is 13.9. The Balaban J connectivity index is -0.000000602. The first-order chi connectivity index (χ1) is 18.2. The zero-order valence-electron chi connectivity index (χ0n) is 23.8. The second kappa shape index (κ2) is 31.5. The standard InChI is InChI=1S/C31H46O7.6CH4/c1-6-9-13-25(7-2)22-38-31(35)27(8-3)21-28(24(5)32)20-23(4)30(34)37-19-18-36-29(33)17-16-26-14-11-10-12-15-26;;;;;;/h10-12,14-17,23,25,27-28H,6-9,13,18-22H2,1-5H3;6*1H4/b17-16+;;;;;;. The van der Waals surface area contributed by atoms with Crippen LogP contribution in [0.25, 0.3) is 6.08 Å². The summed E-state index contributed by atoms with van der Waals surface area (Å²) in [5.41, 5.74) is 0.875. The smallest absolute Gasteiger partial charge is 0.330 e. The summed E-state index contributed by atoms with van der Waals surface area (Å²) in [5, 5.41) is 0. The van der Waals surface area contributed by atoms with Crippen molar-refractivity contribution in [2.24, 2.45) is 23.7 Å². The summed E-state index contributed by atoms with van der Waals surface area (Å²) in [6.07, 6.45) is 8.38. The van der Waals surface area contributed by atoms with Crippen LogP contribution in [0.15, 0.2) is 36.4 Å². The van der Waals surface area contributed by atoms with Crippen molar-refractivity contribution < 1.29 is 33.4 Å². The van der Waals surface area contributed by atoms with Gasteiger partial charge in [-0.25, -0.2) is 4.79 Å². The monoisotopic (exact) mass is 627 g/mol. The highest BCUT2D eigenvalue weighted by Crippen LogP contribution is 2.25. The van der Waals surface area contributed by atoms with Crippen LogP contribution in [0.2, 0.25) is 0 Å². The maximum Gasteiger partial charge on any atom is 0.330 e. The van der Waals surface area contributed by atoms with Gasteiger partial charge < -0.3 is 14.2 Å². The summed E-state index contributed by atoms with van der Waals surface area (Å²) in [5.74, 6) is -2.35. The Bertz CT molecular complexity index is 879. The minimum absolute atomic E-state index is 0. The molecule has 0 saturated carbocycles. The quantitative estimate of drug-likeness (QED) is 0.0652. The van der Waals surface area contributed by atoms with Gasteiger partial charge in [0, 0.05) is 12.0 Å². The zero-order chi connectivity index (χ0) is 28.3. The molecule has 0 aliphatic carbocycles. The molecule has 44 heavy (non-hydrogen) atoms. The van der Waals surface area contributed by atoms with Crippen LogP contribution in [0.1, 0.15) is 130 Å². The van der Waals surface area contributed by atoms with Crippen LogP contribution in [0.5, 0.6) is 0 Å². The Morgan fingerprint density at radius 3 is 1.86 bits per heavy atom. The summed E-state index contributed by atoms with van der Waals surface area (Å²) in [4.78, 5) is 49.4. The van der Waals surface area contributed by atoms with Gasteiger partial charge in [-0.3, -0.25) is 14.4 Å². The number of Topliss-reactive ketones (excluding diaryl/α,β-unsaturated/α-hetero) is 1. The number of carbonyl (C=O) groups is 4. The number of carbonyl (C=O) groups excluding carboxylic acids is 4. The van der Waals surface area contributed by atoms with Crippen molar-refractivity contribution in [1.82, 2.24) is 0 Å². The maximum atomic E-state index is 12.7. The molecule has 7 nitrogen and oxygen atoms in total. The lowest BCUT2D eigenvalue weighted by Gasteiger charge is -2.23. The molecule has 0 spiro atoms. The lowest BCUT2D eigenvalue weighted by Crippen LogP contribution is -2.28. The molecular formula is C37H70O7. The fourth-order valence-corrected chi connectivity index (χ4v) is 4.14. The number of ketones is 1. The van der Waals surface area contributed by atoms with Crippen LogP contribution in [-0.4, -0.2) is 43.5 Å². The molecule has 260 valence electrons. The molecule has 0 aliphatic heterocycles. The lowest BCUT2D eigenvalue weighted by molar-refractivity contribution is -0.153. The van der Waals surface area contributed by atoms with E-state index < -0.39 is 23.8 Å². The molecule has 0 N–H and O–H groups in total. The molecule has 4 atom stereocenters. The summed E-state index contributed by atoms with van der Waals surface area (Å²) in [6, 6.07) is 9.35. The molecule has 4 unspecified atom stereocenters. The van der Waals surface area contributed by atoms with E-state index in [9.17, 15) is 19.2 Å². The van der Waals surface area contributed by atoms with Gasteiger partial charge in [0.15, 0.2) is 0 Å². The van der Waals surface area contributed by atoms with Gasteiger partial charge in [0.1, 0.15) is 19.0 Å². The molecule has 0 amide bonds. The number of hydrogen-bond donors (Lipinski definition) is 0. The van der Waals surface area contributed by atoms with E-state index in [1.807, 2.05) is 37.3 Å². The van der Waals surface area contributed by atoms with E-state index in [2.05, 4.69) is 13.8 Å². The molecule has 1 aromatic rings. The number of rotatable bonds is 19. The Morgan fingerprint density at radius 1 is 0.750 bits per heavy atom. The van der Waals surface area contributed by atoms with Gasteiger partial charge in [0.2, 0.25) is 0 Å². The van der Waals surface area contributed by atoms with Crippen molar-refractivity contribution in [1.29, 1.82) is 0 Å². The largest absolute Gasteiger partial charge is 0.465 e. The topological polar surface area (TPSA) is 96.0 Å². The SMILES string of the molecule is C.C.C.C.C.C.CCCCC(CC)COC(=O)C(CC)CC(CC(C)C(=O)OCCOC(=O)/C=C/c1ccccc1)C(C)=O. The first-order valence-electron chi connectivity index (χ1n) is 13.9. The molecule has 0 bridgehead atoms. The average molecular weight is 627 g/mol. The van der Waals surface area contributed by atoms with Crippen LogP contribution >= 0.6 is 0 Å². The van der Waals surface area contributed by atoms with Crippen molar-refractivity contribution >= 4 is 29.8 Å². The lowest BCUT2D eigenvalue weighted by atomic mass is 9.84. The molecule has 0 radical (unpaired) electrons. The second-order valence-electron chi connectivity index (χ2n) is 9.91. The van der Waals surface area contributed by atoms with Crippen molar-refractivity contribution in [2.45, 2.75) is 124 Å². The van der Waals surface area contributed by atoms with Gasteiger partial charge in [0.25, 0.3) is 0 Å². The Kier molecular flexibility index (Phi) is 38.3. The molecule has 0 fully saturated rings. The number of benzene rings is 1. The summed E-state index contributed by atoms with van der Waals surface area (Å²) >= 11 is 0. The number of unbranched alkanes of at least 4 members (excludes halogenated alkanes) is 1. The molecule has 0 aromatic heterocycles. The Hall–Kier alpha value is -2.96. The van der Waals surface area contributed by atoms with Crippen LogP contribution < -0.4 is 0 Å². The predicted molar refractivity (Wildman–Crippen MR) is 188 cm³/mol. The average Bonchev–Trinajstić information content (AvgIpc) is 2.92. The van der Waals surface area contributed by atoms with Gasteiger partial charge in [-0.15, -0.1) is 0 Å². The van der Waals surface area contributed by atoms with Crippen LogP contribution in [0.4, 0.5) is 0 Å². The number of ether oxygens (including phenoxy) is 3. The highest BCUT2D eigenvalue weighted by Gasteiger charge is 2.29. The van der Waals surface area contributed by atoms with Crippen molar-refractivity contribution in [3.05, 3.63) is 42.0 Å². The summed E-state index contributed by atoms with van der Waals surface area (Å²) < 4.78 is 15.9. The van der Waals surface area contributed by atoms with E-state index in [0.717, 1.165) is 31.2 Å². The maximum absolute atomic E-state index is 12.7. The molecule has 1 rings (SSSR count). The van der Waals surface area contributed by atoms with E-state index in [4.69, 9.17) is 14.2 Å². The number of esters is 3. The highest BCUT2D eigenvalue weighted by molar-refractivity contribution is 5.87. The van der Waals surface area contributed by atoms with Gasteiger partial charge in [-0.05, 0) is 50.2 Å². The third-order valence-electron chi connectivity index (χ3n) is 6.80. The second-order valence-corrected chi connectivity index (χ2v) is 9.91. The zero-order valence-corrected chi connectivity index (χ0v) is 23.8. The molecule has 7 heteroatoms. The van der Waals surface area contributed by atoms with Crippen molar-refractivity contribution in [3.8, 4) is 0 Å². The highest BCUT2D eigenvalue weighted by atomic mass is 16.6. The molecule has 1 aromatic carbocycles. The Labute approximate surface area is 272 Å². The minimum Gasteiger partial charge on any atom is -0.465 e. The third kappa shape index (κ3) is 22.6. The summed E-state index contributed by atoms with van der Waals surface area (Å²) in [6.45, 7) is 9.62. The van der Waals surface area contributed by atoms with E-state index in [1.54, 1.807) is 13.0 Å². The predicted octanol–water partition coefficient (Wildman–Crippen LogP) is 10.0. The van der Waals surface area contributed by atoms with E-state index in [1.165, 1.54) is 13.0 Å². The fraction of sp³-hybridized carbons (Fsp3) is 0.676. The molecule has 0 heterocycles. The van der Waals surface area contributed by atoms with E-state index in [0.29, 0.717) is 25.4 Å². The van der Waals surface area contributed by atoms with Crippen molar-refractivity contribution in [2.75, 3.05) is 19.8 Å².